The molecule has 30 heavy (non-hydrogen) atoms. The molecule has 1 aromatic carbocycles. The number of halogens is 1. The van der Waals surface area contributed by atoms with Crippen LogP contribution < -0.4 is 15.8 Å². The zero-order valence-electron chi connectivity index (χ0n) is 17.9. The van der Waals surface area contributed by atoms with E-state index in [0.717, 1.165) is 11.8 Å². The number of carbonyl (C=O) groups excluding carboxylic acids is 1. The van der Waals surface area contributed by atoms with Crippen LogP contribution in [0.4, 0.5) is 9.18 Å². The molecule has 1 aliphatic heterocycles. The first-order valence-electron chi connectivity index (χ1n) is 10.1. The van der Waals surface area contributed by atoms with Crippen molar-refractivity contribution in [1.82, 2.24) is 10.3 Å². The Morgan fingerprint density at radius 1 is 1.33 bits per heavy atom. The summed E-state index contributed by atoms with van der Waals surface area (Å²) >= 11 is 0. The second kappa shape index (κ2) is 9.14. The minimum absolute atomic E-state index is 0.0383. The molecule has 8 heteroatoms. The summed E-state index contributed by atoms with van der Waals surface area (Å²) in [6.45, 7) is 5.76. The van der Waals surface area contributed by atoms with Crippen molar-refractivity contribution in [2.45, 2.75) is 63.8 Å². The number of alkyl carbamates (subject to hydrolysis) is 1. The maximum atomic E-state index is 14.9. The summed E-state index contributed by atoms with van der Waals surface area (Å²) in [5, 5.41) is 3.66. The molecular formula is C22H30FN3O4. The number of ether oxygens (including phenoxy) is 3. The molecule has 0 bridgehead atoms. The van der Waals surface area contributed by atoms with Crippen LogP contribution in [0.1, 0.15) is 39.2 Å². The average Bonchev–Trinajstić information content (AvgIpc) is 2.68. The van der Waals surface area contributed by atoms with Crippen LogP contribution >= 0.6 is 0 Å². The van der Waals surface area contributed by atoms with Gasteiger partial charge in [0.1, 0.15) is 11.4 Å². The van der Waals surface area contributed by atoms with Crippen LogP contribution in [0, 0.1) is 5.82 Å². The summed E-state index contributed by atoms with van der Waals surface area (Å²) in [7, 11) is 1.51. The SMILES string of the molecule is COc1ccc2ccc(F)c(C[C@H](NC(=O)OC(C)(C)C)C3CCC(N)CO3)c2n1. The Labute approximate surface area is 176 Å². The normalized spacial score (nSPS) is 20.6. The lowest BCUT2D eigenvalue weighted by Crippen LogP contribution is -2.51. The zero-order chi connectivity index (χ0) is 21.9. The first-order valence-corrected chi connectivity index (χ1v) is 10.1. The van der Waals surface area contributed by atoms with Gasteiger partial charge in [0.05, 0.1) is 31.4 Å². The van der Waals surface area contributed by atoms with Gasteiger partial charge in [-0.05, 0) is 51.8 Å². The number of aromatic nitrogens is 1. The van der Waals surface area contributed by atoms with Gasteiger partial charge in [-0.2, -0.15) is 0 Å². The van der Waals surface area contributed by atoms with E-state index in [9.17, 15) is 9.18 Å². The van der Waals surface area contributed by atoms with Crippen molar-refractivity contribution in [3.63, 3.8) is 0 Å². The summed E-state index contributed by atoms with van der Waals surface area (Å²) in [5.74, 6) is -0.00218. The minimum atomic E-state index is -0.649. The number of hydrogen-bond donors (Lipinski definition) is 2. The van der Waals surface area contributed by atoms with E-state index >= 15 is 0 Å². The molecule has 1 saturated heterocycles. The standard InChI is InChI=1S/C22H30FN3O4/c1-22(2,3)30-21(27)25-17(18-9-7-14(24)12-29-18)11-15-16(23)8-5-13-6-10-19(28-4)26-20(13)15/h5-6,8,10,14,17-18H,7,9,11-12,24H2,1-4H3,(H,25,27)/t14?,17-,18?/m0/s1. The Kier molecular flexibility index (Phi) is 6.77. The molecule has 3 rings (SSSR count). The highest BCUT2D eigenvalue weighted by molar-refractivity contribution is 5.82. The van der Waals surface area contributed by atoms with Gasteiger partial charge >= 0.3 is 6.09 Å². The lowest BCUT2D eigenvalue weighted by Gasteiger charge is -2.34. The molecule has 1 aromatic heterocycles. The molecule has 3 atom stereocenters. The third-order valence-electron chi connectivity index (χ3n) is 5.01. The molecule has 0 saturated carbocycles. The second-order valence-electron chi connectivity index (χ2n) is 8.62. The molecular weight excluding hydrogens is 389 g/mol. The minimum Gasteiger partial charge on any atom is -0.481 e. The number of methoxy groups -OCH3 is 1. The van der Waals surface area contributed by atoms with Crippen molar-refractivity contribution in [3.8, 4) is 5.88 Å². The molecule has 2 unspecified atom stereocenters. The summed E-state index contributed by atoms with van der Waals surface area (Å²) in [4.78, 5) is 16.9. The molecule has 1 amide bonds. The molecule has 0 aliphatic carbocycles. The monoisotopic (exact) mass is 419 g/mol. The van der Waals surface area contributed by atoms with E-state index in [4.69, 9.17) is 19.9 Å². The quantitative estimate of drug-likeness (QED) is 0.772. The molecule has 0 radical (unpaired) electrons. The highest BCUT2D eigenvalue weighted by Crippen LogP contribution is 2.26. The van der Waals surface area contributed by atoms with Crippen LogP contribution in [-0.4, -0.2) is 48.6 Å². The fourth-order valence-electron chi connectivity index (χ4n) is 3.58. The first-order chi connectivity index (χ1) is 14.2. The lowest BCUT2D eigenvalue weighted by molar-refractivity contribution is -0.0204. The highest BCUT2D eigenvalue weighted by Gasteiger charge is 2.31. The molecule has 7 nitrogen and oxygen atoms in total. The van der Waals surface area contributed by atoms with E-state index < -0.39 is 23.6 Å². The van der Waals surface area contributed by atoms with Gasteiger partial charge in [-0.3, -0.25) is 0 Å². The van der Waals surface area contributed by atoms with E-state index in [-0.39, 0.29) is 18.6 Å². The van der Waals surface area contributed by atoms with Crippen molar-refractivity contribution in [3.05, 3.63) is 35.6 Å². The maximum absolute atomic E-state index is 14.9. The van der Waals surface area contributed by atoms with Gasteiger partial charge in [0, 0.05) is 29.5 Å². The van der Waals surface area contributed by atoms with Crippen LogP contribution in [0.5, 0.6) is 5.88 Å². The Morgan fingerprint density at radius 2 is 2.07 bits per heavy atom. The van der Waals surface area contributed by atoms with Crippen molar-refractivity contribution >= 4 is 17.0 Å². The maximum Gasteiger partial charge on any atom is 0.407 e. The average molecular weight is 419 g/mol. The Balaban J connectivity index is 1.92. The molecule has 2 aromatic rings. The van der Waals surface area contributed by atoms with Gasteiger partial charge in [-0.1, -0.05) is 0 Å². The van der Waals surface area contributed by atoms with E-state index in [1.165, 1.54) is 13.2 Å². The van der Waals surface area contributed by atoms with Crippen LogP contribution in [0.15, 0.2) is 24.3 Å². The van der Waals surface area contributed by atoms with Crippen LogP contribution in [0.2, 0.25) is 0 Å². The van der Waals surface area contributed by atoms with Gasteiger partial charge in [0.25, 0.3) is 0 Å². The number of pyridine rings is 1. The molecule has 0 spiro atoms. The third-order valence-corrected chi connectivity index (χ3v) is 5.01. The number of carbonyl (C=O) groups is 1. The smallest absolute Gasteiger partial charge is 0.407 e. The van der Waals surface area contributed by atoms with Crippen molar-refractivity contribution in [1.29, 1.82) is 0 Å². The molecule has 2 heterocycles. The number of amides is 1. The van der Waals surface area contributed by atoms with Gasteiger partial charge in [-0.25, -0.2) is 14.2 Å². The predicted molar refractivity (Wildman–Crippen MR) is 112 cm³/mol. The number of nitrogens with two attached hydrogens (primary N) is 1. The number of rotatable bonds is 5. The summed E-state index contributed by atoms with van der Waals surface area (Å²) in [6, 6.07) is 6.10. The predicted octanol–water partition coefficient (Wildman–Crippen LogP) is 3.32. The summed E-state index contributed by atoms with van der Waals surface area (Å²) in [6.07, 6.45) is 0.740. The van der Waals surface area contributed by atoms with E-state index in [1.54, 1.807) is 32.9 Å². The number of hydrogen-bond acceptors (Lipinski definition) is 6. The first kappa shape index (κ1) is 22.2. The van der Waals surface area contributed by atoms with Crippen molar-refractivity contribution < 1.29 is 23.4 Å². The Bertz CT molecular complexity index is 892. The van der Waals surface area contributed by atoms with E-state index in [0.29, 0.717) is 30.0 Å². The lowest BCUT2D eigenvalue weighted by atomic mass is 9.93. The van der Waals surface area contributed by atoms with Gasteiger partial charge in [0.15, 0.2) is 0 Å². The Morgan fingerprint density at radius 3 is 2.70 bits per heavy atom. The molecule has 1 fully saturated rings. The van der Waals surface area contributed by atoms with E-state index in [1.807, 2.05) is 6.07 Å². The number of nitrogens with zero attached hydrogens (tertiary/aromatic N) is 1. The van der Waals surface area contributed by atoms with Crippen molar-refractivity contribution in [2.75, 3.05) is 13.7 Å². The fourth-order valence-corrected chi connectivity index (χ4v) is 3.58. The molecule has 164 valence electrons. The Hall–Kier alpha value is -2.45. The number of fused-ring (bicyclic) bond motifs is 1. The number of nitrogens with one attached hydrogen (secondary N) is 1. The second-order valence-corrected chi connectivity index (χ2v) is 8.62. The zero-order valence-corrected chi connectivity index (χ0v) is 17.9. The molecule has 1 aliphatic rings. The topological polar surface area (TPSA) is 95.7 Å². The number of benzene rings is 1. The van der Waals surface area contributed by atoms with Crippen molar-refractivity contribution in [2.24, 2.45) is 5.73 Å². The van der Waals surface area contributed by atoms with Crippen LogP contribution in [0.25, 0.3) is 10.9 Å². The third kappa shape index (κ3) is 5.58. The van der Waals surface area contributed by atoms with Gasteiger partial charge < -0.3 is 25.3 Å². The van der Waals surface area contributed by atoms with Crippen LogP contribution in [0.3, 0.4) is 0 Å². The molecule has 3 N–H and O–H groups in total. The highest BCUT2D eigenvalue weighted by atomic mass is 19.1. The van der Waals surface area contributed by atoms with Gasteiger partial charge in [-0.15, -0.1) is 0 Å². The van der Waals surface area contributed by atoms with Gasteiger partial charge in [0.2, 0.25) is 5.88 Å². The van der Waals surface area contributed by atoms with Crippen LogP contribution in [-0.2, 0) is 15.9 Å². The summed E-state index contributed by atoms with van der Waals surface area (Å²) in [5.41, 5.74) is 6.19. The summed E-state index contributed by atoms with van der Waals surface area (Å²) < 4.78 is 31.4. The fraction of sp³-hybridized carbons (Fsp3) is 0.545. The van der Waals surface area contributed by atoms with E-state index in [2.05, 4.69) is 10.3 Å². The largest absolute Gasteiger partial charge is 0.481 e.